The summed E-state index contributed by atoms with van der Waals surface area (Å²) in [5.41, 5.74) is 6.04. The maximum atomic E-state index is 11.5. The summed E-state index contributed by atoms with van der Waals surface area (Å²) in [6, 6.07) is 0. The number of ether oxygens (including phenoxy) is 1. The summed E-state index contributed by atoms with van der Waals surface area (Å²) in [5.74, 6) is 0.0270. The molecule has 0 fully saturated rings. The van der Waals surface area contributed by atoms with Crippen LogP contribution < -0.4 is 5.73 Å². The van der Waals surface area contributed by atoms with Gasteiger partial charge in [0.05, 0.1) is 18.7 Å². The molecule has 2 rings (SSSR count). The van der Waals surface area contributed by atoms with Gasteiger partial charge in [-0.15, -0.1) is 11.3 Å². The number of carbonyl (C=O) groups excluding carboxylic acids is 1. The van der Waals surface area contributed by atoms with Gasteiger partial charge in [-0.05, 0) is 0 Å². The minimum absolute atomic E-state index is 0.0270. The lowest BCUT2D eigenvalue weighted by Crippen LogP contribution is -2.16. The summed E-state index contributed by atoms with van der Waals surface area (Å²) in [7, 11) is 0. The van der Waals surface area contributed by atoms with Crippen molar-refractivity contribution in [3.8, 4) is 0 Å². The fraction of sp³-hybridized carbons (Fsp3) is 0.400. The zero-order valence-electron chi connectivity index (χ0n) is 8.76. The molecule has 2 aromatic rings. The Hall–Kier alpha value is -1.24. The number of imidazole rings is 1. The highest BCUT2D eigenvalue weighted by Gasteiger charge is 2.08. The van der Waals surface area contributed by atoms with E-state index in [-0.39, 0.29) is 12.4 Å². The molecule has 0 spiro atoms. The topological polar surface area (TPSA) is 69.6 Å². The van der Waals surface area contributed by atoms with Gasteiger partial charge in [0.1, 0.15) is 6.61 Å². The maximum Gasteiger partial charge on any atom is 0.193 e. The summed E-state index contributed by atoms with van der Waals surface area (Å²) in [6.07, 6.45) is 4.11. The normalized spacial score (nSPS) is 11.1. The number of ketones is 1. The van der Waals surface area contributed by atoms with Crippen molar-refractivity contribution in [2.24, 2.45) is 5.73 Å². The highest BCUT2D eigenvalue weighted by Crippen LogP contribution is 2.11. The van der Waals surface area contributed by atoms with Crippen LogP contribution in [0.1, 0.15) is 5.69 Å². The van der Waals surface area contributed by atoms with Gasteiger partial charge in [-0.25, -0.2) is 4.98 Å². The van der Waals surface area contributed by atoms with Crippen molar-refractivity contribution in [1.82, 2.24) is 9.38 Å². The average Bonchev–Trinajstić information content (AvgIpc) is 2.78. The van der Waals surface area contributed by atoms with Gasteiger partial charge >= 0.3 is 0 Å². The van der Waals surface area contributed by atoms with Gasteiger partial charge < -0.3 is 10.5 Å². The number of hydrogen-bond donors (Lipinski definition) is 1. The van der Waals surface area contributed by atoms with Gasteiger partial charge in [0, 0.05) is 24.3 Å². The molecular formula is C10H13N3O2S. The van der Waals surface area contributed by atoms with Crippen LogP contribution in [0.3, 0.4) is 0 Å². The Morgan fingerprint density at radius 2 is 2.50 bits per heavy atom. The maximum absolute atomic E-state index is 11.5. The molecule has 5 nitrogen and oxygen atoms in total. The third kappa shape index (κ3) is 2.66. The molecule has 86 valence electrons. The Bertz CT molecular complexity index is 449. The van der Waals surface area contributed by atoms with E-state index in [9.17, 15) is 4.79 Å². The molecule has 0 aliphatic carbocycles. The molecule has 0 aromatic carbocycles. The molecule has 6 heteroatoms. The Kier molecular flexibility index (Phi) is 3.66. The molecule has 2 N–H and O–H groups in total. The highest BCUT2D eigenvalue weighted by atomic mass is 32.1. The molecule has 0 unspecified atom stereocenters. The van der Waals surface area contributed by atoms with E-state index in [1.165, 1.54) is 0 Å². The second kappa shape index (κ2) is 5.20. The Morgan fingerprint density at radius 3 is 3.25 bits per heavy atom. The molecule has 0 bridgehead atoms. The minimum atomic E-state index is 0.0270. The van der Waals surface area contributed by atoms with Crippen LogP contribution in [0.4, 0.5) is 0 Å². The van der Waals surface area contributed by atoms with E-state index < -0.39 is 0 Å². The average molecular weight is 239 g/mol. The first-order valence-electron chi connectivity index (χ1n) is 5.00. The standard InChI is InChI=1S/C10H13N3O2S/c11-1-3-15-7-9(14)5-8-6-13-2-4-16-10(13)12-8/h2,4,6H,1,3,5,7,11H2. The van der Waals surface area contributed by atoms with Gasteiger partial charge in [-0.1, -0.05) is 0 Å². The zero-order valence-corrected chi connectivity index (χ0v) is 9.57. The fourth-order valence-electron chi connectivity index (χ4n) is 1.38. The van der Waals surface area contributed by atoms with Crippen LogP contribution in [0.25, 0.3) is 4.96 Å². The quantitative estimate of drug-likeness (QED) is 0.744. The predicted molar refractivity (Wildman–Crippen MR) is 61.7 cm³/mol. The molecule has 0 amide bonds. The number of Topliss-reactive ketones (excluding diaryl/α,β-unsaturated/α-hetero) is 1. The third-order valence-electron chi connectivity index (χ3n) is 2.05. The Morgan fingerprint density at radius 1 is 1.62 bits per heavy atom. The van der Waals surface area contributed by atoms with Crippen LogP contribution in [0.5, 0.6) is 0 Å². The summed E-state index contributed by atoms with van der Waals surface area (Å²) >= 11 is 1.55. The number of fused-ring (bicyclic) bond motifs is 1. The van der Waals surface area contributed by atoms with Gasteiger partial charge in [-0.3, -0.25) is 9.20 Å². The van der Waals surface area contributed by atoms with Crippen molar-refractivity contribution in [3.05, 3.63) is 23.5 Å². The van der Waals surface area contributed by atoms with Gasteiger partial charge in [0.2, 0.25) is 0 Å². The van der Waals surface area contributed by atoms with Crippen molar-refractivity contribution in [2.45, 2.75) is 6.42 Å². The molecule has 0 atom stereocenters. The van der Waals surface area contributed by atoms with E-state index in [2.05, 4.69) is 4.98 Å². The SMILES string of the molecule is NCCOCC(=O)Cc1cn2ccsc2n1. The first-order valence-corrected chi connectivity index (χ1v) is 5.88. The molecule has 0 saturated carbocycles. The number of rotatable bonds is 6. The second-order valence-electron chi connectivity index (χ2n) is 3.38. The summed E-state index contributed by atoms with van der Waals surface area (Å²) in [4.78, 5) is 16.7. The van der Waals surface area contributed by atoms with Crippen molar-refractivity contribution < 1.29 is 9.53 Å². The molecule has 16 heavy (non-hydrogen) atoms. The van der Waals surface area contributed by atoms with Crippen LogP contribution >= 0.6 is 11.3 Å². The van der Waals surface area contributed by atoms with Gasteiger partial charge in [-0.2, -0.15) is 0 Å². The zero-order chi connectivity index (χ0) is 11.4. The van der Waals surface area contributed by atoms with Crippen molar-refractivity contribution in [2.75, 3.05) is 19.8 Å². The van der Waals surface area contributed by atoms with E-state index in [1.807, 2.05) is 22.2 Å². The van der Waals surface area contributed by atoms with E-state index in [1.54, 1.807) is 11.3 Å². The number of aromatic nitrogens is 2. The molecular weight excluding hydrogens is 226 g/mol. The van der Waals surface area contributed by atoms with Crippen LogP contribution in [0, 0.1) is 0 Å². The molecule has 2 heterocycles. The monoisotopic (exact) mass is 239 g/mol. The van der Waals surface area contributed by atoms with E-state index in [0.717, 1.165) is 10.7 Å². The van der Waals surface area contributed by atoms with Crippen LogP contribution in [-0.4, -0.2) is 34.9 Å². The smallest absolute Gasteiger partial charge is 0.193 e. The van der Waals surface area contributed by atoms with Crippen LogP contribution in [0.15, 0.2) is 17.8 Å². The number of hydrogen-bond acceptors (Lipinski definition) is 5. The number of nitrogens with zero attached hydrogens (tertiary/aromatic N) is 2. The third-order valence-corrected chi connectivity index (χ3v) is 2.82. The summed E-state index contributed by atoms with van der Waals surface area (Å²) in [5, 5.41) is 1.96. The lowest BCUT2D eigenvalue weighted by Gasteiger charge is -1.99. The fourth-order valence-corrected chi connectivity index (χ4v) is 2.10. The first-order chi connectivity index (χ1) is 7.79. The van der Waals surface area contributed by atoms with E-state index in [4.69, 9.17) is 10.5 Å². The molecule has 0 aliphatic rings. The lowest BCUT2D eigenvalue weighted by molar-refractivity contribution is -0.122. The van der Waals surface area contributed by atoms with Crippen molar-refractivity contribution in [1.29, 1.82) is 0 Å². The second-order valence-corrected chi connectivity index (χ2v) is 4.25. The molecule has 0 aliphatic heterocycles. The van der Waals surface area contributed by atoms with Gasteiger partial charge in [0.25, 0.3) is 0 Å². The van der Waals surface area contributed by atoms with Crippen molar-refractivity contribution in [3.63, 3.8) is 0 Å². The largest absolute Gasteiger partial charge is 0.372 e. The number of carbonyl (C=O) groups is 1. The van der Waals surface area contributed by atoms with Crippen molar-refractivity contribution >= 4 is 22.1 Å². The highest BCUT2D eigenvalue weighted by molar-refractivity contribution is 7.15. The lowest BCUT2D eigenvalue weighted by atomic mass is 10.2. The molecule has 2 aromatic heterocycles. The Balaban J connectivity index is 1.89. The summed E-state index contributed by atoms with van der Waals surface area (Å²) in [6.45, 7) is 0.972. The predicted octanol–water partition coefficient (Wildman–Crippen LogP) is 0.483. The van der Waals surface area contributed by atoms with E-state index >= 15 is 0 Å². The Labute approximate surface area is 96.8 Å². The van der Waals surface area contributed by atoms with Gasteiger partial charge in [0.15, 0.2) is 10.7 Å². The molecule has 0 saturated heterocycles. The van der Waals surface area contributed by atoms with Crippen LogP contribution in [0.2, 0.25) is 0 Å². The first kappa shape index (κ1) is 11.3. The number of thiazole rings is 1. The molecule has 0 radical (unpaired) electrons. The van der Waals surface area contributed by atoms with E-state index in [0.29, 0.717) is 19.6 Å². The number of nitrogens with two attached hydrogens (primary N) is 1. The summed E-state index contributed by atoms with van der Waals surface area (Å²) < 4.78 is 6.98. The van der Waals surface area contributed by atoms with Crippen LogP contribution in [-0.2, 0) is 16.0 Å². The minimum Gasteiger partial charge on any atom is -0.372 e.